The molecule has 0 spiro atoms. The standard InChI is InChI=1S/C21H27ClN2O6S/c1-4-12-30-20-18(22)13-15(14-19(20)29-5-2)21(25)23-10-11-24-31(26,27)17-8-6-16(28-3)7-9-17/h6-9,13-14,24H,4-5,10-12H2,1-3H3,(H,23,25). The number of sulfonamides is 1. The normalized spacial score (nSPS) is 11.1. The van der Waals surface area contributed by atoms with Crippen LogP contribution >= 0.6 is 11.6 Å². The van der Waals surface area contributed by atoms with Gasteiger partial charge in [0.15, 0.2) is 11.5 Å². The summed E-state index contributed by atoms with van der Waals surface area (Å²) in [6.07, 6.45) is 0.802. The maximum absolute atomic E-state index is 12.5. The molecule has 0 aliphatic heterocycles. The fourth-order valence-corrected chi connectivity index (χ4v) is 3.91. The minimum absolute atomic E-state index is 0.0177. The lowest BCUT2D eigenvalue weighted by molar-refractivity contribution is 0.0953. The van der Waals surface area contributed by atoms with Crippen LogP contribution in [0.5, 0.6) is 17.2 Å². The number of benzene rings is 2. The molecule has 0 atom stereocenters. The lowest BCUT2D eigenvalue weighted by Gasteiger charge is -2.15. The van der Waals surface area contributed by atoms with Gasteiger partial charge in [0.1, 0.15) is 5.75 Å². The van der Waals surface area contributed by atoms with E-state index in [-0.39, 0.29) is 28.6 Å². The van der Waals surface area contributed by atoms with Crippen molar-refractivity contribution >= 4 is 27.5 Å². The van der Waals surface area contributed by atoms with Gasteiger partial charge in [0.2, 0.25) is 10.0 Å². The number of hydrogen-bond acceptors (Lipinski definition) is 6. The van der Waals surface area contributed by atoms with Crippen molar-refractivity contribution in [3.8, 4) is 17.2 Å². The second-order valence-corrected chi connectivity index (χ2v) is 8.57. The predicted octanol–water partition coefficient (Wildman–Crippen LogP) is 3.24. The summed E-state index contributed by atoms with van der Waals surface area (Å²) in [5.41, 5.74) is 0.287. The van der Waals surface area contributed by atoms with Crippen LogP contribution in [0.3, 0.4) is 0 Å². The first-order valence-electron chi connectivity index (χ1n) is 9.83. The van der Waals surface area contributed by atoms with Crippen molar-refractivity contribution in [2.24, 2.45) is 0 Å². The molecule has 0 aromatic heterocycles. The summed E-state index contributed by atoms with van der Waals surface area (Å²) in [5, 5.41) is 2.93. The number of carbonyl (C=O) groups excluding carboxylic acids is 1. The van der Waals surface area contributed by atoms with Crippen molar-refractivity contribution in [3.05, 3.63) is 47.0 Å². The Morgan fingerprint density at radius 1 is 1.06 bits per heavy atom. The van der Waals surface area contributed by atoms with Gasteiger partial charge in [0, 0.05) is 18.7 Å². The number of rotatable bonds is 12. The second-order valence-electron chi connectivity index (χ2n) is 6.40. The maximum Gasteiger partial charge on any atom is 0.251 e. The summed E-state index contributed by atoms with van der Waals surface area (Å²) in [5.74, 6) is 0.930. The second kappa shape index (κ2) is 11.8. The molecule has 2 rings (SSSR count). The molecule has 0 aliphatic rings. The van der Waals surface area contributed by atoms with E-state index in [2.05, 4.69) is 10.0 Å². The Kier molecular flexibility index (Phi) is 9.42. The number of amides is 1. The van der Waals surface area contributed by atoms with Gasteiger partial charge >= 0.3 is 0 Å². The number of ether oxygens (including phenoxy) is 3. The predicted molar refractivity (Wildman–Crippen MR) is 119 cm³/mol. The minimum atomic E-state index is -3.70. The minimum Gasteiger partial charge on any atom is -0.497 e. The van der Waals surface area contributed by atoms with Crippen molar-refractivity contribution < 1.29 is 27.4 Å². The molecule has 31 heavy (non-hydrogen) atoms. The third-order valence-corrected chi connectivity index (χ3v) is 5.85. The summed E-state index contributed by atoms with van der Waals surface area (Å²) in [4.78, 5) is 12.6. The average Bonchev–Trinajstić information content (AvgIpc) is 2.76. The van der Waals surface area contributed by atoms with Gasteiger partial charge in [-0.25, -0.2) is 13.1 Å². The van der Waals surface area contributed by atoms with Crippen molar-refractivity contribution in [1.29, 1.82) is 0 Å². The van der Waals surface area contributed by atoms with E-state index in [0.29, 0.717) is 30.5 Å². The molecule has 8 nitrogen and oxygen atoms in total. The third kappa shape index (κ3) is 7.02. The van der Waals surface area contributed by atoms with Gasteiger partial charge in [-0.3, -0.25) is 4.79 Å². The van der Waals surface area contributed by atoms with Crippen LogP contribution in [0.15, 0.2) is 41.3 Å². The van der Waals surface area contributed by atoms with E-state index in [9.17, 15) is 13.2 Å². The Morgan fingerprint density at radius 3 is 2.39 bits per heavy atom. The van der Waals surface area contributed by atoms with Crippen molar-refractivity contribution in [2.45, 2.75) is 25.2 Å². The topological polar surface area (TPSA) is 103 Å². The molecule has 0 aliphatic carbocycles. The van der Waals surface area contributed by atoms with Crippen LogP contribution in [0.2, 0.25) is 5.02 Å². The van der Waals surface area contributed by atoms with E-state index >= 15 is 0 Å². The fourth-order valence-electron chi connectivity index (χ4n) is 2.61. The fraction of sp³-hybridized carbons (Fsp3) is 0.381. The van der Waals surface area contributed by atoms with Crippen molar-refractivity contribution in [3.63, 3.8) is 0 Å². The van der Waals surface area contributed by atoms with E-state index in [1.54, 1.807) is 18.2 Å². The molecule has 0 unspecified atom stereocenters. The van der Waals surface area contributed by atoms with E-state index < -0.39 is 15.9 Å². The Labute approximate surface area is 187 Å². The summed E-state index contributed by atoms with van der Waals surface area (Å²) < 4.78 is 43.3. The smallest absolute Gasteiger partial charge is 0.251 e. The maximum atomic E-state index is 12.5. The number of methoxy groups -OCH3 is 1. The molecule has 10 heteroatoms. The first-order valence-corrected chi connectivity index (χ1v) is 11.7. The summed E-state index contributed by atoms with van der Waals surface area (Å²) in [6.45, 7) is 4.75. The van der Waals surface area contributed by atoms with E-state index in [0.717, 1.165) is 6.42 Å². The third-order valence-electron chi connectivity index (χ3n) is 4.09. The molecule has 2 aromatic carbocycles. The molecular formula is C21H27ClN2O6S. The highest BCUT2D eigenvalue weighted by Gasteiger charge is 2.17. The molecule has 0 radical (unpaired) electrons. The highest BCUT2D eigenvalue weighted by Crippen LogP contribution is 2.36. The Hall–Kier alpha value is -2.49. The monoisotopic (exact) mass is 470 g/mol. The first kappa shape index (κ1) is 24.8. The van der Waals surface area contributed by atoms with Gasteiger partial charge in [-0.1, -0.05) is 18.5 Å². The zero-order chi connectivity index (χ0) is 22.9. The molecule has 2 aromatic rings. The van der Waals surface area contributed by atoms with Crippen LogP contribution in [0.25, 0.3) is 0 Å². The van der Waals surface area contributed by atoms with Crippen LogP contribution < -0.4 is 24.2 Å². The van der Waals surface area contributed by atoms with Crippen LogP contribution in [-0.4, -0.2) is 47.7 Å². The number of halogens is 1. The van der Waals surface area contributed by atoms with E-state index in [1.807, 2.05) is 13.8 Å². The van der Waals surface area contributed by atoms with Gasteiger partial charge in [-0.2, -0.15) is 0 Å². The number of carbonyl (C=O) groups is 1. The highest BCUT2D eigenvalue weighted by molar-refractivity contribution is 7.89. The Bertz CT molecular complexity index is 980. The van der Waals surface area contributed by atoms with Crippen LogP contribution in [0.4, 0.5) is 0 Å². The van der Waals surface area contributed by atoms with Crippen molar-refractivity contribution in [2.75, 3.05) is 33.4 Å². The van der Waals surface area contributed by atoms with E-state index in [1.165, 1.54) is 25.3 Å². The SMILES string of the molecule is CCCOc1c(Cl)cc(C(=O)NCCNS(=O)(=O)c2ccc(OC)cc2)cc1OCC. The average molecular weight is 471 g/mol. The lowest BCUT2D eigenvalue weighted by Crippen LogP contribution is -2.34. The van der Waals surface area contributed by atoms with Crippen LogP contribution in [-0.2, 0) is 10.0 Å². The van der Waals surface area contributed by atoms with Gasteiger partial charge < -0.3 is 19.5 Å². The van der Waals surface area contributed by atoms with E-state index in [4.69, 9.17) is 25.8 Å². The van der Waals surface area contributed by atoms with Gasteiger partial charge in [0.05, 0.1) is 30.2 Å². The zero-order valence-electron chi connectivity index (χ0n) is 17.7. The van der Waals surface area contributed by atoms with Gasteiger partial charge in [0.25, 0.3) is 5.91 Å². The quantitative estimate of drug-likeness (QED) is 0.461. The Morgan fingerprint density at radius 2 is 1.77 bits per heavy atom. The largest absolute Gasteiger partial charge is 0.497 e. The summed E-state index contributed by atoms with van der Waals surface area (Å²) in [6, 6.07) is 9.05. The van der Waals surface area contributed by atoms with Crippen molar-refractivity contribution in [1.82, 2.24) is 10.0 Å². The molecular weight excluding hydrogens is 444 g/mol. The molecule has 0 heterocycles. The lowest BCUT2D eigenvalue weighted by atomic mass is 10.2. The summed E-state index contributed by atoms with van der Waals surface area (Å²) >= 11 is 6.28. The molecule has 1 amide bonds. The molecule has 170 valence electrons. The number of hydrogen-bond donors (Lipinski definition) is 2. The molecule has 0 saturated heterocycles. The van der Waals surface area contributed by atoms with Crippen LogP contribution in [0, 0.1) is 0 Å². The molecule has 0 bridgehead atoms. The Balaban J connectivity index is 1.97. The first-order chi connectivity index (χ1) is 14.8. The summed E-state index contributed by atoms with van der Waals surface area (Å²) in [7, 11) is -2.20. The number of nitrogens with one attached hydrogen (secondary N) is 2. The van der Waals surface area contributed by atoms with Gasteiger partial charge in [-0.15, -0.1) is 0 Å². The molecule has 2 N–H and O–H groups in total. The molecule has 0 saturated carbocycles. The van der Waals surface area contributed by atoms with Gasteiger partial charge in [-0.05, 0) is 49.7 Å². The highest BCUT2D eigenvalue weighted by atomic mass is 35.5. The van der Waals surface area contributed by atoms with Crippen LogP contribution in [0.1, 0.15) is 30.6 Å². The molecule has 0 fully saturated rings. The zero-order valence-corrected chi connectivity index (χ0v) is 19.3.